The Morgan fingerprint density at radius 2 is 2.14 bits per heavy atom. The quantitative estimate of drug-likeness (QED) is 0.591. The predicted octanol–water partition coefficient (Wildman–Crippen LogP) is 1.74. The molecule has 0 spiro atoms. The minimum Gasteiger partial charge on any atom is -0.439 e. The van der Waals surface area contributed by atoms with Crippen LogP contribution in [0, 0.1) is 6.92 Å². The van der Waals surface area contributed by atoms with Gasteiger partial charge < -0.3 is 20.0 Å². The number of aromatic nitrogens is 3. The number of urea groups is 1. The van der Waals surface area contributed by atoms with Crippen molar-refractivity contribution >= 4 is 17.9 Å². The van der Waals surface area contributed by atoms with Crippen molar-refractivity contribution < 1.29 is 27.2 Å². The summed E-state index contributed by atoms with van der Waals surface area (Å²) in [5.41, 5.74) is 1.11. The van der Waals surface area contributed by atoms with Crippen LogP contribution >= 0.6 is 0 Å². The van der Waals surface area contributed by atoms with E-state index in [0.717, 1.165) is 0 Å². The molecule has 5 heterocycles. The number of halogens is 3. The number of carbonyl (C=O) groups excluding carboxylic acids is 2. The van der Waals surface area contributed by atoms with Crippen molar-refractivity contribution in [1.29, 1.82) is 0 Å². The maximum absolute atomic E-state index is 13.3. The van der Waals surface area contributed by atoms with E-state index in [9.17, 15) is 22.8 Å². The average molecular weight is 490 g/mol. The van der Waals surface area contributed by atoms with Crippen molar-refractivity contribution in [2.45, 2.75) is 31.6 Å². The van der Waals surface area contributed by atoms with Gasteiger partial charge in [-0.05, 0) is 18.6 Å². The first-order valence-corrected chi connectivity index (χ1v) is 10.8. The highest BCUT2D eigenvalue weighted by molar-refractivity contribution is 5.90. The molecule has 1 saturated heterocycles. The predicted molar refractivity (Wildman–Crippen MR) is 115 cm³/mol. The number of amides is 3. The summed E-state index contributed by atoms with van der Waals surface area (Å²) in [4.78, 5) is 41.6. The number of oxazole rings is 1. The Kier molecular flexibility index (Phi) is 5.57. The number of hydrogen-bond acceptors (Lipinski definition) is 8. The Labute approximate surface area is 197 Å². The first-order valence-electron chi connectivity index (χ1n) is 10.8. The minimum absolute atomic E-state index is 0.0370. The fraction of sp³-hybridized carbons (Fsp3) is 0.381. The molecule has 11 nitrogen and oxygen atoms in total. The lowest BCUT2D eigenvalue weighted by Crippen LogP contribution is -2.56. The second kappa shape index (κ2) is 8.60. The Morgan fingerprint density at radius 1 is 1.31 bits per heavy atom. The highest BCUT2D eigenvalue weighted by Crippen LogP contribution is 2.33. The summed E-state index contributed by atoms with van der Waals surface area (Å²) in [6.07, 6.45) is 2.26. The van der Waals surface area contributed by atoms with Crippen LogP contribution in [0.1, 0.15) is 12.3 Å². The Morgan fingerprint density at radius 3 is 2.89 bits per heavy atom. The first kappa shape index (κ1) is 22.7. The standard InChI is InChI=1S/C21H21F3N8O3/c1-11-26-8-16(35-11)13-4-6-25-19(29-13)30-20(34)32-12-5-7-31(9-12)15-3-2-14(28-17(15)32)18(33)27-10-21(22,23)24/h2-4,6,8,12,14,28H,5,7,9-10H2,1H3,(H,27,33)(H,25,29,30,34)/t12-,14?/m0/s1. The third-order valence-electron chi connectivity index (χ3n) is 5.80. The number of fused-ring (bicyclic) bond motifs is 3. The molecule has 1 unspecified atom stereocenters. The summed E-state index contributed by atoms with van der Waals surface area (Å²) in [6, 6.07) is -0.192. The van der Waals surface area contributed by atoms with E-state index in [-0.39, 0.29) is 12.0 Å². The van der Waals surface area contributed by atoms with Crippen molar-refractivity contribution in [3.05, 3.63) is 48.0 Å². The van der Waals surface area contributed by atoms with E-state index in [2.05, 4.69) is 30.5 Å². The summed E-state index contributed by atoms with van der Waals surface area (Å²) in [5.74, 6) is 0.411. The maximum atomic E-state index is 13.3. The number of nitrogens with one attached hydrogen (secondary N) is 3. The Balaban J connectivity index is 1.35. The van der Waals surface area contributed by atoms with Crippen LogP contribution in [0.2, 0.25) is 0 Å². The molecule has 1 fully saturated rings. The third kappa shape index (κ3) is 4.63. The molecule has 0 radical (unpaired) electrons. The molecular formula is C21H21F3N8O3. The van der Waals surface area contributed by atoms with Crippen LogP contribution in [0.4, 0.5) is 23.9 Å². The zero-order valence-corrected chi connectivity index (χ0v) is 18.5. The van der Waals surface area contributed by atoms with E-state index in [1.807, 2.05) is 5.32 Å². The smallest absolute Gasteiger partial charge is 0.405 e. The number of alkyl halides is 3. The van der Waals surface area contributed by atoms with Gasteiger partial charge in [-0.3, -0.25) is 15.0 Å². The van der Waals surface area contributed by atoms with Crippen molar-refractivity contribution in [1.82, 2.24) is 35.4 Å². The summed E-state index contributed by atoms with van der Waals surface area (Å²) >= 11 is 0. The van der Waals surface area contributed by atoms with Crippen molar-refractivity contribution in [3.8, 4) is 11.5 Å². The normalized spacial score (nSPS) is 21.0. The van der Waals surface area contributed by atoms with Crippen LogP contribution < -0.4 is 16.0 Å². The number of carbonyl (C=O) groups is 2. The number of hydrogen-bond donors (Lipinski definition) is 3. The number of rotatable bonds is 4. The lowest BCUT2D eigenvalue weighted by atomic mass is 10.1. The molecule has 3 aliphatic rings. The van der Waals surface area contributed by atoms with Gasteiger partial charge in [-0.2, -0.15) is 13.2 Å². The van der Waals surface area contributed by atoms with Crippen molar-refractivity contribution in [2.75, 3.05) is 25.0 Å². The molecule has 5 rings (SSSR count). The molecule has 3 amide bonds. The van der Waals surface area contributed by atoms with E-state index in [0.29, 0.717) is 48.4 Å². The zero-order chi connectivity index (χ0) is 24.7. The number of dihydropyridines is 1. The van der Waals surface area contributed by atoms with Gasteiger partial charge in [-0.1, -0.05) is 6.08 Å². The van der Waals surface area contributed by atoms with Crippen molar-refractivity contribution in [3.63, 3.8) is 0 Å². The van der Waals surface area contributed by atoms with E-state index in [1.54, 1.807) is 19.1 Å². The maximum Gasteiger partial charge on any atom is 0.405 e. The van der Waals surface area contributed by atoms with Gasteiger partial charge >= 0.3 is 12.2 Å². The number of aryl methyl sites for hydroxylation is 1. The lowest BCUT2D eigenvalue weighted by Gasteiger charge is -2.40. The van der Waals surface area contributed by atoms with E-state index in [4.69, 9.17) is 4.42 Å². The average Bonchev–Trinajstić information content (AvgIpc) is 3.44. The third-order valence-corrected chi connectivity index (χ3v) is 5.80. The fourth-order valence-electron chi connectivity index (χ4n) is 4.25. The van der Waals surface area contributed by atoms with Gasteiger partial charge in [0, 0.05) is 26.2 Å². The van der Waals surface area contributed by atoms with Gasteiger partial charge in [0.25, 0.3) is 0 Å². The molecule has 14 heteroatoms. The van der Waals surface area contributed by atoms with E-state index in [1.165, 1.54) is 23.4 Å². The largest absolute Gasteiger partial charge is 0.439 e. The van der Waals surface area contributed by atoms with Gasteiger partial charge in [-0.25, -0.2) is 19.7 Å². The number of anilines is 1. The first-order chi connectivity index (χ1) is 16.7. The van der Waals surface area contributed by atoms with Crippen LogP contribution in [0.5, 0.6) is 0 Å². The van der Waals surface area contributed by atoms with Gasteiger partial charge in [0.15, 0.2) is 11.7 Å². The Hall–Kier alpha value is -4.10. The molecule has 2 aromatic heterocycles. The van der Waals surface area contributed by atoms with E-state index >= 15 is 0 Å². The van der Waals surface area contributed by atoms with Gasteiger partial charge in [0.05, 0.1) is 17.9 Å². The molecule has 35 heavy (non-hydrogen) atoms. The monoisotopic (exact) mass is 490 g/mol. The molecule has 0 aromatic carbocycles. The molecule has 3 N–H and O–H groups in total. The topological polar surface area (TPSA) is 129 Å². The molecule has 2 aromatic rings. The number of nitrogens with zero attached hydrogens (tertiary/aromatic N) is 5. The van der Waals surface area contributed by atoms with Gasteiger partial charge in [-0.15, -0.1) is 0 Å². The zero-order valence-electron chi connectivity index (χ0n) is 18.5. The van der Waals surface area contributed by atoms with Crippen LogP contribution in [0.3, 0.4) is 0 Å². The molecule has 0 saturated carbocycles. The minimum atomic E-state index is -4.53. The highest BCUT2D eigenvalue weighted by atomic mass is 19.4. The molecule has 2 bridgehead atoms. The molecule has 2 atom stereocenters. The summed E-state index contributed by atoms with van der Waals surface area (Å²) < 4.78 is 43.0. The van der Waals surface area contributed by atoms with Crippen LogP contribution in [0.25, 0.3) is 11.5 Å². The SMILES string of the molecule is Cc1ncc(-c2ccnc(NC(=O)N3C4=C(C=CC(C(=O)NCC(F)(F)F)N4)N4CC[C@H]3C4)n2)o1. The summed E-state index contributed by atoms with van der Waals surface area (Å²) in [6.45, 7) is 1.53. The molecule has 3 aliphatic heterocycles. The second-order valence-electron chi connectivity index (χ2n) is 8.25. The number of allylic oxidation sites excluding steroid dienone is 1. The molecule has 184 valence electrons. The van der Waals surface area contributed by atoms with Gasteiger partial charge in [0.1, 0.15) is 24.1 Å². The summed E-state index contributed by atoms with van der Waals surface area (Å²) in [5, 5.41) is 7.46. The molecule has 0 aliphatic carbocycles. The van der Waals surface area contributed by atoms with Crippen LogP contribution in [-0.2, 0) is 4.79 Å². The van der Waals surface area contributed by atoms with Crippen molar-refractivity contribution in [2.24, 2.45) is 0 Å². The van der Waals surface area contributed by atoms with Crippen LogP contribution in [-0.4, -0.2) is 74.6 Å². The highest BCUT2D eigenvalue weighted by Gasteiger charge is 2.43. The molecular weight excluding hydrogens is 469 g/mol. The lowest BCUT2D eigenvalue weighted by molar-refractivity contribution is -0.138. The van der Waals surface area contributed by atoms with Crippen LogP contribution in [0.15, 0.2) is 46.5 Å². The Bertz CT molecular complexity index is 1220. The fourth-order valence-corrected chi connectivity index (χ4v) is 4.25. The summed E-state index contributed by atoms with van der Waals surface area (Å²) in [7, 11) is 0. The van der Waals surface area contributed by atoms with Gasteiger partial charge in [0.2, 0.25) is 11.9 Å². The second-order valence-corrected chi connectivity index (χ2v) is 8.25. The van der Waals surface area contributed by atoms with E-state index < -0.39 is 30.7 Å².